The van der Waals surface area contributed by atoms with E-state index in [1.54, 1.807) is 0 Å². The molecule has 1 aromatic carbocycles. The first kappa shape index (κ1) is 11.8. The van der Waals surface area contributed by atoms with E-state index in [0.717, 1.165) is 30.4 Å². The van der Waals surface area contributed by atoms with Gasteiger partial charge in [-0.15, -0.1) is 11.6 Å². The van der Waals surface area contributed by atoms with Gasteiger partial charge in [0.05, 0.1) is 11.0 Å². The number of aryl methyl sites for hydroxylation is 1. The maximum Gasteiger partial charge on any atom is 0.206 e. The highest BCUT2D eigenvalue weighted by molar-refractivity contribution is 6.18. The highest BCUT2D eigenvalue weighted by Gasteiger charge is 2.22. The number of anilines is 1. The molecule has 0 bridgehead atoms. The molecular weight excluding hydrogens is 246 g/mol. The molecule has 1 aliphatic rings. The summed E-state index contributed by atoms with van der Waals surface area (Å²) in [6.07, 6.45) is 2.45. The third kappa shape index (κ3) is 1.97. The van der Waals surface area contributed by atoms with Gasteiger partial charge in [0.25, 0.3) is 0 Å². The van der Waals surface area contributed by atoms with E-state index < -0.39 is 0 Å². The molecular formula is C14H18ClN3. The standard InChI is InChI=1S/C14H18ClN3/c1-17-13-7-3-2-6-12(13)16-14(17)18-8-4-5-11(9-15)10-18/h2-3,6-7,11H,4-5,8-10H2,1H3. The van der Waals surface area contributed by atoms with Crippen molar-refractivity contribution in [3.63, 3.8) is 0 Å². The van der Waals surface area contributed by atoms with Crippen LogP contribution in [0.2, 0.25) is 0 Å². The van der Waals surface area contributed by atoms with Crippen LogP contribution in [-0.4, -0.2) is 28.5 Å². The van der Waals surface area contributed by atoms with Crippen molar-refractivity contribution in [1.29, 1.82) is 0 Å². The molecule has 0 aliphatic carbocycles. The van der Waals surface area contributed by atoms with Crippen LogP contribution in [0.3, 0.4) is 0 Å². The highest BCUT2D eigenvalue weighted by Crippen LogP contribution is 2.26. The summed E-state index contributed by atoms with van der Waals surface area (Å²) in [6, 6.07) is 8.29. The average molecular weight is 264 g/mol. The van der Waals surface area contributed by atoms with Gasteiger partial charge in [0.1, 0.15) is 0 Å². The lowest BCUT2D eigenvalue weighted by atomic mass is 10.0. The van der Waals surface area contributed by atoms with Gasteiger partial charge in [-0.3, -0.25) is 0 Å². The second kappa shape index (κ2) is 4.81. The van der Waals surface area contributed by atoms with Crippen LogP contribution in [0, 0.1) is 5.92 Å². The molecule has 1 atom stereocenters. The van der Waals surface area contributed by atoms with E-state index in [1.807, 2.05) is 6.07 Å². The minimum atomic E-state index is 0.597. The van der Waals surface area contributed by atoms with Crippen molar-refractivity contribution < 1.29 is 0 Å². The Morgan fingerprint density at radius 3 is 3.00 bits per heavy atom. The Hall–Kier alpha value is -1.22. The number of aromatic nitrogens is 2. The Bertz CT molecular complexity index is 549. The number of hydrogen-bond acceptors (Lipinski definition) is 2. The molecule has 1 fully saturated rings. The van der Waals surface area contributed by atoms with Crippen molar-refractivity contribution in [2.75, 3.05) is 23.9 Å². The molecule has 3 nitrogen and oxygen atoms in total. The quantitative estimate of drug-likeness (QED) is 0.777. The lowest BCUT2D eigenvalue weighted by Crippen LogP contribution is -2.37. The molecule has 0 radical (unpaired) electrons. The van der Waals surface area contributed by atoms with Crippen LogP contribution in [-0.2, 0) is 7.05 Å². The molecule has 2 heterocycles. The summed E-state index contributed by atoms with van der Waals surface area (Å²) >= 11 is 6.00. The number of nitrogens with zero attached hydrogens (tertiary/aromatic N) is 3. The maximum absolute atomic E-state index is 6.00. The molecule has 0 amide bonds. The predicted molar refractivity (Wildman–Crippen MR) is 76.4 cm³/mol. The van der Waals surface area contributed by atoms with E-state index in [9.17, 15) is 0 Å². The Balaban J connectivity index is 1.96. The minimum absolute atomic E-state index is 0.597. The van der Waals surface area contributed by atoms with Gasteiger partial charge in [0.2, 0.25) is 5.95 Å². The first-order chi connectivity index (χ1) is 8.79. The lowest BCUT2D eigenvalue weighted by molar-refractivity contribution is 0.444. The van der Waals surface area contributed by atoms with Crippen molar-refractivity contribution in [3.8, 4) is 0 Å². The van der Waals surface area contributed by atoms with Gasteiger partial charge in [0, 0.05) is 26.0 Å². The number of fused-ring (bicyclic) bond motifs is 1. The van der Waals surface area contributed by atoms with Crippen molar-refractivity contribution in [3.05, 3.63) is 24.3 Å². The minimum Gasteiger partial charge on any atom is -0.342 e. The van der Waals surface area contributed by atoms with Crippen LogP contribution in [0.15, 0.2) is 24.3 Å². The predicted octanol–water partition coefficient (Wildman–Crippen LogP) is 3.03. The molecule has 1 unspecified atom stereocenters. The van der Waals surface area contributed by atoms with Crippen LogP contribution < -0.4 is 4.90 Å². The van der Waals surface area contributed by atoms with Crippen molar-refractivity contribution in [2.45, 2.75) is 12.8 Å². The highest BCUT2D eigenvalue weighted by atomic mass is 35.5. The normalized spacial score (nSPS) is 20.6. The summed E-state index contributed by atoms with van der Waals surface area (Å²) < 4.78 is 2.19. The van der Waals surface area contributed by atoms with Gasteiger partial charge >= 0.3 is 0 Å². The molecule has 1 saturated heterocycles. The zero-order chi connectivity index (χ0) is 12.5. The van der Waals surface area contributed by atoms with Crippen molar-refractivity contribution in [2.24, 2.45) is 13.0 Å². The summed E-state index contributed by atoms with van der Waals surface area (Å²) in [7, 11) is 2.09. The van der Waals surface area contributed by atoms with Gasteiger partial charge in [-0.25, -0.2) is 4.98 Å². The van der Waals surface area contributed by atoms with E-state index in [0.29, 0.717) is 5.92 Å². The second-order valence-corrected chi connectivity index (χ2v) is 5.38. The third-order valence-corrected chi connectivity index (χ3v) is 4.22. The van der Waals surface area contributed by atoms with E-state index >= 15 is 0 Å². The van der Waals surface area contributed by atoms with Crippen LogP contribution in [0.25, 0.3) is 11.0 Å². The summed E-state index contributed by atoms with van der Waals surface area (Å²) in [5.41, 5.74) is 2.27. The Morgan fingerprint density at radius 2 is 2.22 bits per heavy atom. The Labute approximate surface area is 112 Å². The van der Waals surface area contributed by atoms with Gasteiger partial charge in [0.15, 0.2) is 0 Å². The van der Waals surface area contributed by atoms with E-state index in [2.05, 4.69) is 34.7 Å². The second-order valence-electron chi connectivity index (χ2n) is 5.07. The number of para-hydroxylation sites is 2. The lowest BCUT2D eigenvalue weighted by Gasteiger charge is -2.32. The fourth-order valence-corrected chi connectivity index (χ4v) is 3.04. The number of piperidine rings is 1. The topological polar surface area (TPSA) is 21.1 Å². The van der Waals surface area contributed by atoms with Gasteiger partial charge in [-0.05, 0) is 30.9 Å². The largest absolute Gasteiger partial charge is 0.342 e. The molecule has 2 aromatic rings. The smallest absolute Gasteiger partial charge is 0.206 e. The van der Waals surface area contributed by atoms with Crippen LogP contribution in [0.5, 0.6) is 0 Å². The monoisotopic (exact) mass is 263 g/mol. The molecule has 3 rings (SSSR count). The van der Waals surface area contributed by atoms with Gasteiger partial charge in [-0.2, -0.15) is 0 Å². The van der Waals surface area contributed by atoms with Crippen molar-refractivity contribution >= 4 is 28.6 Å². The number of benzene rings is 1. The summed E-state index contributed by atoms with van der Waals surface area (Å²) in [5, 5.41) is 0. The number of halogens is 1. The number of alkyl halides is 1. The van der Waals surface area contributed by atoms with Crippen molar-refractivity contribution in [1.82, 2.24) is 9.55 Å². The molecule has 0 spiro atoms. The first-order valence-electron chi connectivity index (χ1n) is 6.52. The summed E-state index contributed by atoms with van der Waals surface area (Å²) in [6.45, 7) is 2.12. The zero-order valence-corrected chi connectivity index (χ0v) is 11.4. The summed E-state index contributed by atoms with van der Waals surface area (Å²) in [4.78, 5) is 7.12. The van der Waals surface area contributed by atoms with Gasteiger partial charge in [-0.1, -0.05) is 12.1 Å². The van der Waals surface area contributed by atoms with Crippen LogP contribution in [0.4, 0.5) is 5.95 Å². The molecule has 0 N–H and O–H groups in total. The fourth-order valence-electron chi connectivity index (χ4n) is 2.79. The number of imidazole rings is 1. The maximum atomic E-state index is 6.00. The molecule has 96 valence electrons. The molecule has 1 aliphatic heterocycles. The van der Waals surface area contributed by atoms with Crippen LogP contribution >= 0.6 is 11.6 Å². The molecule has 18 heavy (non-hydrogen) atoms. The Morgan fingerprint density at radius 1 is 1.39 bits per heavy atom. The van der Waals surface area contributed by atoms with Gasteiger partial charge < -0.3 is 9.47 Å². The third-order valence-electron chi connectivity index (χ3n) is 3.78. The van der Waals surface area contributed by atoms with E-state index in [-0.39, 0.29) is 0 Å². The van der Waals surface area contributed by atoms with Crippen LogP contribution in [0.1, 0.15) is 12.8 Å². The number of rotatable bonds is 2. The molecule has 0 saturated carbocycles. The molecule has 4 heteroatoms. The summed E-state index contributed by atoms with van der Waals surface area (Å²) in [5.74, 6) is 2.42. The average Bonchev–Trinajstić information content (AvgIpc) is 2.77. The van der Waals surface area contributed by atoms with E-state index in [1.165, 1.54) is 18.4 Å². The van der Waals surface area contributed by atoms with E-state index in [4.69, 9.17) is 16.6 Å². The molecule has 1 aromatic heterocycles. The zero-order valence-electron chi connectivity index (χ0n) is 10.6. The Kier molecular flexibility index (Phi) is 3.16. The first-order valence-corrected chi connectivity index (χ1v) is 7.05. The SMILES string of the molecule is Cn1c(N2CCCC(CCl)C2)nc2ccccc21. The number of hydrogen-bond donors (Lipinski definition) is 0. The fraction of sp³-hybridized carbons (Fsp3) is 0.500.